The van der Waals surface area contributed by atoms with Gasteiger partial charge in [-0.25, -0.2) is 8.42 Å². The molecule has 0 saturated carbocycles. The molecule has 0 aliphatic heterocycles. The Labute approximate surface area is 151 Å². The van der Waals surface area contributed by atoms with E-state index in [1.54, 1.807) is 12.3 Å². The van der Waals surface area contributed by atoms with E-state index in [4.69, 9.17) is 16.9 Å². The molecule has 0 bridgehead atoms. The van der Waals surface area contributed by atoms with Crippen molar-refractivity contribution in [2.45, 2.75) is 6.42 Å². The summed E-state index contributed by atoms with van der Waals surface area (Å²) in [7, 11) is -3.42. The van der Waals surface area contributed by atoms with Crippen LogP contribution in [0, 0.1) is 11.5 Å². The third-order valence-corrected chi connectivity index (χ3v) is 4.10. The van der Waals surface area contributed by atoms with Crippen LogP contribution in [0.4, 0.5) is 5.69 Å². The minimum absolute atomic E-state index is 0.290. The van der Waals surface area contributed by atoms with Gasteiger partial charge in [0.25, 0.3) is 0 Å². The van der Waals surface area contributed by atoms with Crippen LogP contribution in [0.3, 0.4) is 0 Å². The number of nitriles is 1. The first-order chi connectivity index (χ1) is 11.9. The second-order valence-corrected chi connectivity index (χ2v) is 7.32. The topological polar surface area (TPSA) is 107 Å². The second-order valence-electron chi connectivity index (χ2n) is 5.17. The largest absolute Gasteiger partial charge is 0.369 e. The summed E-state index contributed by atoms with van der Waals surface area (Å²) >= 11 is 6.11. The van der Waals surface area contributed by atoms with Crippen molar-refractivity contribution in [3.05, 3.63) is 58.9 Å². The number of hydrogen-bond acceptors (Lipinski definition) is 5. The van der Waals surface area contributed by atoms with Crippen LogP contribution >= 0.6 is 11.6 Å². The highest BCUT2D eigenvalue weighted by Gasteiger charge is 2.08. The third-order valence-electron chi connectivity index (χ3n) is 3.12. The summed E-state index contributed by atoms with van der Waals surface area (Å²) in [5, 5.41) is 12.6. The Bertz CT molecular complexity index is 922. The van der Waals surface area contributed by atoms with Crippen molar-refractivity contribution in [1.82, 2.24) is 10.3 Å². The van der Waals surface area contributed by atoms with E-state index in [2.05, 4.69) is 20.0 Å². The van der Waals surface area contributed by atoms with Crippen LogP contribution in [-0.4, -0.2) is 32.0 Å². The van der Waals surface area contributed by atoms with Gasteiger partial charge in [0.1, 0.15) is 5.84 Å². The molecule has 7 nitrogen and oxygen atoms in total. The zero-order valence-electron chi connectivity index (χ0n) is 13.4. The van der Waals surface area contributed by atoms with E-state index in [0.717, 1.165) is 11.8 Å². The fraction of sp³-hybridized carbons (Fsp3) is 0.188. The molecule has 0 saturated heterocycles. The number of anilines is 1. The first-order valence-electron chi connectivity index (χ1n) is 7.26. The SMILES string of the molecule is CS(=O)(=O)Nc1cncc(C(=NC#N)NCCc2ccccc2Cl)c1. The maximum atomic E-state index is 11.3. The van der Waals surface area contributed by atoms with Crippen molar-refractivity contribution < 1.29 is 8.42 Å². The van der Waals surface area contributed by atoms with Gasteiger partial charge in [0.15, 0.2) is 0 Å². The maximum absolute atomic E-state index is 11.3. The van der Waals surface area contributed by atoms with Crippen LogP contribution in [0.5, 0.6) is 0 Å². The van der Waals surface area contributed by atoms with Gasteiger partial charge in [-0.05, 0) is 24.1 Å². The number of halogens is 1. The Kier molecular flexibility index (Phi) is 6.33. The molecule has 1 aromatic heterocycles. The summed E-state index contributed by atoms with van der Waals surface area (Å²) in [4.78, 5) is 7.72. The molecule has 2 rings (SSSR count). The molecular weight excluding hydrogens is 362 g/mol. The molecule has 0 fully saturated rings. The van der Waals surface area contributed by atoms with Crippen LogP contribution in [0.1, 0.15) is 11.1 Å². The summed E-state index contributed by atoms with van der Waals surface area (Å²) in [5.74, 6) is 0.305. The molecule has 0 spiro atoms. The van der Waals surface area contributed by atoms with Gasteiger partial charge in [0.2, 0.25) is 16.2 Å². The zero-order chi connectivity index (χ0) is 18.3. The van der Waals surface area contributed by atoms with Gasteiger partial charge in [-0.15, -0.1) is 0 Å². The number of benzene rings is 1. The lowest BCUT2D eigenvalue weighted by molar-refractivity contribution is 0.607. The number of nitrogens with zero attached hydrogens (tertiary/aromatic N) is 3. The lowest BCUT2D eigenvalue weighted by atomic mass is 10.1. The standard InChI is InChI=1S/C16H16ClN5O2S/c1-25(23,24)22-14-8-13(9-19-10-14)16(21-11-18)20-7-6-12-4-2-3-5-15(12)17/h2-5,8-10,22H,6-7H2,1H3,(H,20,21). The molecule has 0 amide bonds. The molecule has 0 aliphatic rings. The predicted octanol–water partition coefficient (Wildman–Crippen LogP) is 2.17. The number of amidine groups is 1. The molecule has 0 atom stereocenters. The number of pyridine rings is 1. The van der Waals surface area contributed by atoms with E-state index in [1.165, 1.54) is 12.4 Å². The first kappa shape index (κ1) is 18.7. The van der Waals surface area contributed by atoms with Crippen molar-refractivity contribution in [3.63, 3.8) is 0 Å². The molecule has 25 heavy (non-hydrogen) atoms. The van der Waals surface area contributed by atoms with Crippen LogP contribution < -0.4 is 10.0 Å². The first-order valence-corrected chi connectivity index (χ1v) is 9.53. The summed E-state index contributed by atoms with van der Waals surface area (Å²) in [6.45, 7) is 0.494. The summed E-state index contributed by atoms with van der Waals surface area (Å²) in [6, 6.07) is 9.03. The van der Waals surface area contributed by atoms with Crippen LogP contribution in [0.2, 0.25) is 5.02 Å². The van der Waals surface area contributed by atoms with E-state index in [0.29, 0.717) is 35.1 Å². The third kappa shape index (κ3) is 6.06. The average molecular weight is 378 g/mol. The number of aromatic nitrogens is 1. The normalized spacial score (nSPS) is 11.6. The van der Waals surface area contributed by atoms with E-state index in [9.17, 15) is 8.42 Å². The average Bonchev–Trinajstić information content (AvgIpc) is 2.54. The number of aliphatic imine (C=N–C) groups is 1. The van der Waals surface area contributed by atoms with Gasteiger partial charge in [-0.3, -0.25) is 9.71 Å². The minimum Gasteiger partial charge on any atom is -0.369 e. The quantitative estimate of drug-likeness (QED) is 0.455. The smallest absolute Gasteiger partial charge is 0.229 e. The fourth-order valence-electron chi connectivity index (χ4n) is 2.11. The second kappa shape index (κ2) is 8.46. The highest BCUT2D eigenvalue weighted by molar-refractivity contribution is 7.92. The lowest BCUT2D eigenvalue weighted by Gasteiger charge is -2.11. The molecule has 1 aromatic carbocycles. The summed E-state index contributed by atoms with van der Waals surface area (Å²) in [6.07, 6.45) is 6.28. The number of hydrogen-bond donors (Lipinski definition) is 2. The van der Waals surface area contributed by atoms with Gasteiger partial charge in [0.05, 0.1) is 18.1 Å². The van der Waals surface area contributed by atoms with Crippen LogP contribution in [0.15, 0.2) is 47.7 Å². The van der Waals surface area contributed by atoms with Gasteiger partial charge in [0, 0.05) is 23.3 Å². The van der Waals surface area contributed by atoms with Crippen molar-refractivity contribution in [2.24, 2.45) is 4.99 Å². The van der Waals surface area contributed by atoms with Crippen molar-refractivity contribution in [1.29, 1.82) is 5.26 Å². The van der Waals surface area contributed by atoms with E-state index >= 15 is 0 Å². The van der Waals surface area contributed by atoms with Crippen LogP contribution in [0.25, 0.3) is 0 Å². The molecule has 0 unspecified atom stereocenters. The summed E-state index contributed by atoms with van der Waals surface area (Å²) < 4.78 is 25.0. The molecule has 1 heterocycles. The fourth-order valence-corrected chi connectivity index (χ4v) is 2.88. The van der Waals surface area contributed by atoms with Crippen LogP contribution in [-0.2, 0) is 16.4 Å². The van der Waals surface area contributed by atoms with Gasteiger partial charge in [-0.2, -0.15) is 10.3 Å². The Morgan fingerprint density at radius 1 is 1.36 bits per heavy atom. The number of nitrogens with one attached hydrogen (secondary N) is 2. The molecule has 2 aromatic rings. The lowest BCUT2D eigenvalue weighted by Crippen LogP contribution is -2.27. The zero-order valence-corrected chi connectivity index (χ0v) is 15.0. The van der Waals surface area contributed by atoms with E-state index < -0.39 is 10.0 Å². The van der Waals surface area contributed by atoms with Gasteiger partial charge < -0.3 is 5.32 Å². The minimum atomic E-state index is -3.42. The monoisotopic (exact) mass is 377 g/mol. The molecule has 0 aliphatic carbocycles. The van der Waals surface area contributed by atoms with Crippen molar-refractivity contribution >= 4 is 33.1 Å². The Balaban J connectivity index is 2.11. The van der Waals surface area contributed by atoms with Crippen molar-refractivity contribution in [2.75, 3.05) is 17.5 Å². The molecular formula is C16H16ClN5O2S. The molecule has 2 N–H and O–H groups in total. The van der Waals surface area contributed by atoms with Gasteiger partial charge in [-0.1, -0.05) is 29.8 Å². The number of rotatable bonds is 6. The van der Waals surface area contributed by atoms with Crippen molar-refractivity contribution in [3.8, 4) is 6.19 Å². The number of sulfonamides is 1. The Morgan fingerprint density at radius 2 is 2.12 bits per heavy atom. The van der Waals surface area contributed by atoms with Gasteiger partial charge >= 0.3 is 0 Å². The summed E-state index contributed by atoms with van der Waals surface area (Å²) in [5.41, 5.74) is 1.76. The van der Waals surface area contributed by atoms with E-state index in [-0.39, 0.29) is 0 Å². The maximum Gasteiger partial charge on any atom is 0.229 e. The Hall–Kier alpha value is -2.63. The predicted molar refractivity (Wildman–Crippen MR) is 98.0 cm³/mol. The molecule has 0 radical (unpaired) electrons. The molecule has 9 heteroatoms. The van der Waals surface area contributed by atoms with E-state index in [1.807, 2.05) is 24.3 Å². The highest BCUT2D eigenvalue weighted by atomic mass is 35.5. The highest BCUT2D eigenvalue weighted by Crippen LogP contribution is 2.15. The molecule has 130 valence electrons. The Morgan fingerprint density at radius 3 is 2.80 bits per heavy atom.